The number of alkyl halides is 3. The smallest absolute Gasteiger partial charge is 0.382 e. The van der Waals surface area contributed by atoms with Gasteiger partial charge >= 0.3 is 6.18 Å². The molecule has 0 atom stereocenters. The van der Waals surface area contributed by atoms with Crippen molar-refractivity contribution in [2.45, 2.75) is 19.6 Å². The third-order valence-electron chi connectivity index (χ3n) is 5.47. The number of anilines is 2. The van der Waals surface area contributed by atoms with Crippen molar-refractivity contribution in [3.8, 4) is 24.1 Å². The van der Waals surface area contributed by atoms with E-state index in [1.807, 2.05) is 19.1 Å². The molecule has 0 bridgehead atoms. The summed E-state index contributed by atoms with van der Waals surface area (Å²) in [6.07, 6.45) is 12.2. The molecule has 0 radical (unpaired) electrons. The Morgan fingerprint density at radius 3 is 2.43 bits per heavy atom. The van der Waals surface area contributed by atoms with Crippen LogP contribution in [0.25, 0.3) is 16.8 Å². The molecular formula is C29H30F3N7O3. The average Bonchev–Trinajstić information content (AvgIpc) is 3.36. The van der Waals surface area contributed by atoms with Crippen LogP contribution in [-0.2, 0) is 22.3 Å². The van der Waals surface area contributed by atoms with E-state index >= 15 is 0 Å². The summed E-state index contributed by atoms with van der Waals surface area (Å²) in [4.78, 5) is 37.5. The third-order valence-corrected chi connectivity index (χ3v) is 5.47. The number of terminal acetylenes is 1. The zero-order valence-electron chi connectivity index (χ0n) is 23.2. The fraction of sp³-hybridized carbons (Fsp3) is 0.207. The number of nitrogen functional groups attached to an aromatic ring is 1. The number of nitrogens with one attached hydrogen (secondary N) is 1. The van der Waals surface area contributed by atoms with Gasteiger partial charge in [-0.1, -0.05) is 24.3 Å². The van der Waals surface area contributed by atoms with E-state index in [4.69, 9.17) is 10.5 Å². The summed E-state index contributed by atoms with van der Waals surface area (Å²) in [6.45, 7) is 2.94. The van der Waals surface area contributed by atoms with Gasteiger partial charge in [0.25, 0.3) is 5.91 Å². The van der Waals surface area contributed by atoms with Gasteiger partial charge in [-0.15, -0.1) is 12.8 Å². The Morgan fingerprint density at radius 1 is 1.17 bits per heavy atom. The molecule has 2 amide bonds. The summed E-state index contributed by atoms with van der Waals surface area (Å²) < 4.78 is 45.1. The maximum atomic E-state index is 12.9. The van der Waals surface area contributed by atoms with E-state index in [9.17, 15) is 22.8 Å². The maximum absolute atomic E-state index is 12.9. The summed E-state index contributed by atoms with van der Waals surface area (Å²) in [5.74, 6) is -0.0390. The van der Waals surface area contributed by atoms with Crippen LogP contribution in [-0.4, -0.2) is 57.3 Å². The molecule has 0 fully saturated rings. The van der Waals surface area contributed by atoms with Gasteiger partial charge in [0.15, 0.2) is 0 Å². The predicted molar refractivity (Wildman–Crippen MR) is 154 cm³/mol. The number of nitrogens with two attached hydrogens (primary N) is 1. The number of allylic oxidation sites excluding steroid dienone is 1. The van der Waals surface area contributed by atoms with E-state index in [1.54, 1.807) is 36.9 Å². The summed E-state index contributed by atoms with van der Waals surface area (Å²) >= 11 is 0. The second-order valence-corrected chi connectivity index (χ2v) is 8.41. The molecule has 0 spiro atoms. The van der Waals surface area contributed by atoms with Crippen LogP contribution in [0.5, 0.6) is 0 Å². The molecule has 0 aliphatic heterocycles. The Bertz CT molecular complexity index is 1530. The van der Waals surface area contributed by atoms with Crippen molar-refractivity contribution in [3.63, 3.8) is 0 Å². The second kappa shape index (κ2) is 15.5. The largest absolute Gasteiger partial charge is 0.416 e. The molecule has 13 heteroatoms. The van der Waals surface area contributed by atoms with Crippen LogP contribution < -0.4 is 11.1 Å². The van der Waals surface area contributed by atoms with Gasteiger partial charge < -0.3 is 20.7 Å². The predicted octanol–water partition coefficient (Wildman–Crippen LogP) is 4.69. The van der Waals surface area contributed by atoms with Gasteiger partial charge in [0.2, 0.25) is 6.41 Å². The summed E-state index contributed by atoms with van der Waals surface area (Å²) in [5, 5.41) is 2.36. The molecule has 3 heterocycles. The molecule has 220 valence electrons. The first-order chi connectivity index (χ1) is 20.1. The zero-order valence-corrected chi connectivity index (χ0v) is 23.2. The number of carbonyl (C=O) groups excluding carboxylic acids is 2. The van der Waals surface area contributed by atoms with E-state index in [0.29, 0.717) is 29.0 Å². The minimum Gasteiger partial charge on any atom is -0.382 e. The second-order valence-electron chi connectivity index (χ2n) is 8.41. The standard InChI is InChI=1S/C22H18F3N7O2.C5H10O.C2H2/c1-31(12-33)11-17-30-18(19-20(26)28-8-9-32(17)19)13-2-4-14(5-3-13)21(34)29-16-10-15(6-7-27-16)22(23,24)25;1-3-4-5-6-2;1-2/h2-10,12H,11H2,1H3,(H2,26,28)(H,27,29,34);3-4H,5H2,1-2H3;1-2H/b;4-3+;. The molecule has 0 aliphatic carbocycles. The summed E-state index contributed by atoms with van der Waals surface area (Å²) in [6, 6.07) is 7.87. The number of hydrogen-bond donors (Lipinski definition) is 2. The number of imidazole rings is 1. The molecule has 0 aliphatic rings. The topological polar surface area (TPSA) is 128 Å². The fourth-order valence-corrected chi connectivity index (χ4v) is 3.53. The molecular weight excluding hydrogens is 551 g/mol. The number of aromatic nitrogens is 4. The van der Waals surface area contributed by atoms with Crippen molar-refractivity contribution in [1.29, 1.82) is 0 Å². The quantitative estimate of drug-likeness (QED) is 0.176. The molecule has 3 N–H and O–H groups in total. The highest BCUT2D eigenvalue weighted by molar-refractivity contribution is 6.04. The summed E-state index contributed by atoms with van der Waals surface area (Å²) in [5.41, 5.74) is 7.04. The molecule has 0 saturated carbocycles. The van der Waals surface area contributed by atoms with Crippen molar-refractivity contribution in [2.24, 2.45) is 0 Å². The molecule has 1 aromatic carbocycles. The van der Waals surface area contributed by atoms with Crippen LogP contribution in [0.1, 0.15) is 28.7 Å². The first-order valence-electron chi connectivity index (χ1n) is 12.2. The fourth-order valence-electron chi connectivity index (χ4n) is 3.53. The van der Waals surface area contributed by atoms with Crippen molar-refractivity contribution >= 4 is 29.5 Å². The van der Waals surface area contributed by atoms with Crippen LogP contribution in [0.15, 0.2) is 67.1 Å². The number of fused-ring (bicyclic) bond motifs is 1. The van der Waals surface area contributed by atoms with Gasteiger partial charge in [-0.05, 0) is 31.2 Å². The summed E-state index contributed by atoms with van der Waals surface area (Å²) in [7, 11) is 3.30. The molecule has 4 aromatic rings. The number of carbonyl (C=O) groups is 2. The molecule has 3 aromatic heterocycles. The Hall–Kier alpha value is -5.22. The molecule has 0 unspecified atom stereocenters. The first-order valence-corrected chi connectivity index (χ1v) is 12.2. The van der Waals surface area contributed by atoms with Gasteiger partial charge in [0.05, 0.1) is 18.7 Å². The van der Waals surface area contributed by atoms with Gasteiger partial charge in [0.1, 0.15) is 28.7 Å². The molecule has 0 saturated heterocycles. The number of pyridine rings is 1. The Labute approximate surface area is 241 Å². The van der Waals surface area contributed by atoms with E-state index < -0.39 is 17.6 Å². The lowest BCUT2D eigenvalue weighted by Crippen LogP contribution is -2.17. The maximum Gasteiger partial charge on any atom is 0.416 e. The van der Waals surface area contributed by atoms with Gasteiger partial charge in [-0.2, -0.15) is 13.2 Å². The lowest BCUT2D eigenvalue weighted by Gasteiger charge is -2.09. The van der Waals surface area contributed by atoms with Crippen molar-refractivity contribution in [3.05, 3.63) is 84.1 Å². The highest BCUT2D eigenvalue weighted by atomic mass is 19.4. The van der Waals surface area contributed by atoms with E-state index in [2.05, 4.69) is 33.1 Å². The van der Waals surface area contributed by atoms with E-state index in [1.165, 1.54) is 23.2 Å². The van der Waals surface area contributed by atoms with Gasteiger partial charge in [-0.25, -0.2) is 15.0 Å². The number of amides is 2. The highest BCUT2D eigenvalue weighted by Crippen LogP contribution is 2.31. The van der Waals surface area contributed by atoms with Crippen LogP contribution in [0.2, 0.25) is 0 Å². The Morgan fingerprint density at radius 2 is 1.86 bits per heavy atom. The zero-order chi connectivity index (χ0) is 31.3. The number of rotatable bonds is 8. The number of nitrogens with zero attached hydrogens (tertiary/aromatic N) is 5. The number of hydrogen-bond acceptors (Lipinski definition) is 7. The Kier molecular flexibility index (Phi) is 12.2. The van der Waals surface area contributed by atoms with Crippen LogP contribution >= 0.6 is 0 Å². The van der Waals surface area contributed by atoms with Crippen molar-refractivity contribution < 1.29 is 27.5 Å². The van der Waals surface area contributed by atoms with Gasteiger partial charge in [-0.3, -0.25) is 14.0 Å². The monoisotopic (exact) mass is 581 g/mol. The van der Waals surface area contributed by atoms with Crippen LogP contribution in [0, 0.1) is 12.8 Å². The minimum atomic E-state index is -4.55. The van der Waals surface area contributed by atoms with Crippen LogP contribution in [0.4, 0.5) is 24.8 Å². The normalized spacial score (nSPS) is 10.8. The van der Waals surface area contributed by atoms with Crippen molar-refractivity contribution in [1.82, 2.24) is 24.3 Å². The molecule has 4 rings (SSSR count). The molecule has 42 heavy (non-hydrogen) atoms. The lowest BCUT2D eigenvalue weighted by atomic mass is 10.1. The van der Waals surface area contributed by atoms with E-state index in [-0.39, 0.29) is 23.7 Å². The number of benzene rings is 1. The van der Waals surface area contributed by atoms with Crippen LogP contribution in [0.3, 0.4) is 0 Å². The van der Waals surface area contributed by atoms with Gasteiger partial charge in [0, 0.05) is 43.9 Å². The van der Waals surface area contributed by atoms with E-state index in [0.717, 1.165) is 24.9 Å². The number of methoxy groups -OCH3 is 1. The lowest BCUT2D eigenvalue weighted by molar-refractivity contribution is -0.137. The Balaban J connectivity index is 0.000000686. The number of ether oxygens (including phenoxy) is 1. The molecule has 10 nitrogen and oxygen atoms in total. The average molecular weight is 582 g/mol. The first kappa shape index (κ1) is 33.0. The highest BCUT2D eigenvalue weighted by Gasteiger charge is 2.31. The van der Waals surface area contributed by atoms with Crippen molar-refractivity contribution in [2.75, 3.05) is 31.8 Å². The number of halogens is 3. The third kappa shape index (κ3) is 8.64. The minimum absolute atomic E-state index is 0.207. The SMILES string of the molecule is C#C.C/C=C/COC.CN(C=O)Cc1nc(-c2ccc(C(=O)Nc3cc(C(F)(F)F)ccn3)cc2)c2c(N)nccn12.